The summed E-state index contributed by atoms with van der Waals surface area (Å²) in [6.07, 6.45) is 4.93. The summed E-state index contributed by atoms with van der Waals surface area (Å²) in [4.78, 5) is 21.4. The predicted octanol–water partition coefficient (Wildman–Crippen LogP) is 1.68. The highest BCUT2D eigenvalue weighted by Crippen LogP contribution is 2.05. The molecule has 16 heavy (non-hydrogen) atoms. The van der Waals surface area contributed by atoms with E-state index in [0.29, 0.717) is 12.8 Å². The largest absolute Gasteiger partial charge is 0.469 e. The minimum atomic E-state index is -0.495. The van der Waals surface area contributed by atoms with Crippen LogP contribution in [0.2, 0.25) is 0 Å². The van der Waals surface area contributed by atoms with E-state index >= 15 is 0 Å². The van der Waals surface area contributed by atoms with Crippen LogP contribution in [-0.4, -0.2) is 26.2 Å². The summed E-state index contributed by atoms with van der Waals surface area (Å²) in [5.41, 5.74) is 0. The molecule has 0 heterocycles. The summed E-state index contributed by atoms with van der Waals surface area (Å²) in [6.45, 7) is 0. The van der Waals surface area contributed by atoms with Gasteiger partial charge >= 0.3 is 11.9 Å². The zero-order valence-corrected chi connectivity index (χ0v) is 9.88. The zero-order chi connectivity index (χ0) is 12.2. The van der Waals surface area contributed by atoms with Crippen molar-refractivity contribution in [3.8, 4) is 11.8 Å². The van der Waals surface area contributed by atoms with Crippen LogP contribution in [0.25, 0.3) is 0 Å². The van der Waals surface area contributed by atoms with Crippen molar-refractivity contribution in [1.29, 1.82) is 0 Å². The van der Waals surface area contributed by atoms with Gasteiger partial charge in [-0.3, -0.25) is 4.79 Å². The normalized spacial score (nSPS) is 8.88. The second kappa shape index (κ2) is 10.0. The Labute approximate surface area is 96.3 Å². The molecule has 0 amide bonds. The van der Waals surface area contributed by atoms with Crippen LogP contribution in [0.3, 0.4) is 0 Å². The van der Waals surface area contributed by atoms with E-state index in [9.17, 15) is 9.59 Å². The van der Waals surface area contributed by atoms with Gasteiger partial charge in [0.1, 0.15) is 0 Å². The van der Waals surface area contributed by atoms with Gasteiger partial charge in [-0.1, -0.05) is 18.8 Å². The molecule has 4 heteroatoms. The molecule has 0 aromatic heterocycles. The van der Waals surface area contributed by atoms with Crippen molar-refractivity contribution >= 4 is 11.9 Å². The minimum absolute atomic E-state index is 0.162. The number of esters is 2. The molecule has 0 spiro atoms. The van der Waals surface area contributed by atoms with Gasteiger partial charge in [0.15, 0.2) is 0 Å². The number of ether oxygens (including phenoxy) is 2. The average molecular weight is 226 g/mol. The maximum atomic E-state index is 10.8. The van der Waals surface area contributed by atoms with Crippen LogP contribution in [0.4, 0.5) is 0 Å². The van der Waals surface area contributed by atoms with Gasteiger partial charge in [0.2, 0.25) is 0 Å². The Hall–Kier alpha value is -1.50. The van der Waals surface area contributed by atoms with Crippen molar-refractivity contribution < 1.29 is 19.1 Å². The van der Waals surface area contributed by atoms with E-state index in [1.54, 1.807) is 0 Å². The van der Waals surface area contributed by atoms with Crippen LogP contribution in [0.1, 0.15) is 38.5 Å². The quantitative estimate of drug-likeness (QED) is 0.299. The van der Waals surface area contributed by atoms with E-state index in [1.165, 1.54) is 14.2 Å². The minimum Gasteiger partial charge on any atom is -0.469 e. The summed E-state index contributed by atoms with van der Waals surface area (Å²) < 4.78 is 8.89. The number of methoxy groups -OCH3 is 2. The first-order valence-corrected chi connectivity index (χ1v) is 5.34. The number of unbranched alkanes of at least 4 members (excludes halogenated alkanes) is 4. The first-order valence-electron chi connectivity index (χ1n) is 5.34. The van der Waals surface area contributed by atoms with Gasteiger partial charge in [-0.25, -0.2) is 4.79 Å². The zero-order valence-electron chi connectivity index (χ0n) is 9.88. The van der Waals surface area contributed by atoms with Crippen LogP contribution < -0.4 is 0 Å². The summed E-state index contributed by atoms with van der Waals surface area (Å²) in [6, 6.07) is 0. The molecule has 0 unspecified atom stereocenters. The molecule has 0 aliphatic heterocycles. The van der Waals surface area contributed by atoms with Gasteiger partial charge in [-0.05, 0) is 12.8 Å². The monoisotopic (exact) mass is 226 g/mol. The molecule has 0 aliphatic rings. The van der Waals surface area contributed by atoms with Crippen molar-refractivity contribution in [2.75, 3.05) is 14.2 Å². The Balaban J connectivity index is 3.30. The fourth-order valence-corrected chi connectivity index (χ4v) is 1.12. The highest BCUT2D eigenvalue weighted by molar-refractivity contribution is 5.88. The Morgan fingerprint density at radius 2 is 1.69 bits per heavy atom. The molecule has 0 radical (unpaired) electrons. The van der Waals surface area contributed by atoms with Crippen LogP contribution in [-0.2, 0) is 19.1 Å². The summed E-state index contributed by atoms with van der Waals surface area (Å²) in [7, 11) is 2.70. The molecule has 0 fully saturated rings. The van der Waals surface area contributed by atoms with Crippen LogP contribution in [0.5, 0.6) is 0 Å². The molecule has 0 saturated carbocycles. The SMILES string of the molecule is COC(=O)C#CCCCCCCC(=O)OC. The third-order valence-corrected chi connectivity index (χ3v) is 2.04. The van der Waals surface area contributed by atoms with Crippen molar-refractivity contribution in [3.05, 3.63) is 0 Å². The predicted molar refractivity (Wildman–Crippen MR) is 59.5 cm³/mol. The lowest BCUT2D eigenvalue weighted by molar-refractivity contribution is -0.140. The standard InChI is InChI=1S/C12H18O4/c1-15-11(13)9-7-5-3-4-6-8-10-12(14)16-2/h3-7,9H2,1-2H3. The van der Waals surface area contributed by atoms with Crippen LogP contribution in [0.15, 0.2) is 0 Å². The smallest absolute Gasteiger partial charge is 0.384 e. The highest BCUT2D eigenvalue weighted by atomic mass is 16.5. The topological polar surface area (TPSA) is 52.6 Å². The first kappa shape index (κ1) is 14.5. The summed E-state index contributed by atoms with van der Waals surface area (Å²) in [5.74, 6) is 4.44. The maximum absolute atomic E-state index is 10.8. The maximum Gasteiger partial charge on any atom is 0.384 e. The van der Waals surface area contributed by atoms with Crippen molar-refractivity contribution in [1.82, 2.24) is 0 Å². The second-order valence-electron chi connectivity index (χ2n) is 3.28. The molecule has 0 saturated heterocycles. The molecule has 0 aromatic rings. The Bertz CT molecular complexity index is 272. The third kappa shape index (κ3) is 9.07. The second-order valence-corrected chi connectivity index (χ2v) is 3.28. The fourth-order valence-electron chi connectivity index (χ4n) is 1.12. The Morgan fingerprint density at radius 1 is 1.00 bits per heavy atom. The van der Waals surface area contributed by atoms with Crippen LogP contribution in [0, 0.1) is 11.8 Å². The van der Waals surface area contributed by atoms with Gasteiger partial charge in [-0.2, -0.15) is 0 Å². The number of carbonyl (C=O) groups excluding carboxylic acids is 2. The fraction of sp³-hybridized carbons (Fsp3) is 0.667. The van der Waals surface area contributed by atoms with Gasteiger partial charge in [0.05, 0.1) is 14.2 Å². The van der Waals surface area contributed by atoms with E-state index in [1.807, 2.05) is 0 Å². The number of rotatable bonds is 6. The lowest BCUT2D eigenvalue weighted by Gasteiger charge is -1.98. The van der Waals surface area contributed by atoms with E-state index in [0.717, 1.165) is 25.7 Å². The van der Waals surface area contributed by atoms with Gasteiger partial charge < -0.3 is 9.47 Å². The van der Waals surface area contributed by atoms with Gasteiger partial charge in [0.25, 0.3) is 0 Å². The number of hydrogen-bond donors (Lipinski definition) is 0. The number of carbonyl (C=O) groups is 2. The first-order chi connectivity index (χ1) is 7.70. The highest BCUT2D eigenvalue weighted by Gasteiger charge is 1.98. The lowest BCUT2D eigenvalue weighted by atomic mass is 10.1. The van der Waals surface area contributed by atoms with Gasteiger partial charge in [0, 0.05) is 18.8 Å². The molecule has 0 aliphatic carbocycles. The van der Waals surface area contributed by atoms with E-state index in [-0.39, 0.29) is 5.97 Å². The summed E-state index contributed by atoms with van der Waals surface area (Å²) >= 11 is 0. The molecule has 4 nitrogen and oxygen atoms in total. The summed E-state index contributed by atoms with van der Waals surface area (Å²) in [5, 5.41) is 0. The number of hydrogen-bond acceptors (Lipinski definition) is 4. The van der Waals surface area contributed by atoms with Crippen LogP contribution >= 0.6 is 0 Å². The average Bonchev–Trinajstić information content (AvgIpc) is 2.31. The Kier molecular flexibility index (Phi) is 9.09. The molecule has 0 bridgehead atoms. The molecule has 0 atom stereocenters. The molecule has 0 N–H and O–H groups in total. The molecular formula is C12H18O4. The Morgan fingerprint density at radius 3 is 2.31 bits per heavy atom. The van der Waals surface area contributed by atoms with Gasteiger partial charge in [-0.15, -0.1) is 0 Å². The van der Waals surface area contributed by atoms with Crippen molar-refractivity contribution in [2.45, 2.75) is 38.5 Å². The van der Waals surface area contributed by atoms with E-state index in [4.69, 9.17) is 0 Å². The molecular weight excluding hydrogens is 208 g/mol. The molecule has 0 rings (SSSR count). The van der Waals surface area contributed by atoms with Crippen molar-refractivity contribution in [3.63, 3.8) is 0 Å². The third-order valence-electron chi connectivity index (χ3n) is 2.04. The van der Waals surface area contributed by atoms with E-state index < -0.39 is 5.97 Å². The van der Waals surface area contributed by atoms with Crippen molar-refractivity contribution in [2.24, 2.45) is 0 Å². The lowest BCUT2D eigenvalue weighted by Crippen LogP contribution is -1.99. The molecule has 90 valence electrons. The molecule has 0 aromatic carbocycles. The van der Waals surface area contributed by atoms with E-state index in [2.05, 4.69) is 21.3 Å².